The molecule has 116 valence electrons. The molecule has 1 amide bonds. The average Bonchev–Trinajstić information content (AvgIpc) is 2.97. The number of benzene rings is 2. The highest BCUT2D eigenvalue weighted by molar-refractivity contribution is 6.30. The average molecular weight is 330 g/mol. The van der Waals surface area contributed by atoms with Crippen molar-refractivity contribution >= 4 is 34.4 Å². The molecule has 23 heavy (non-hydrogen) atoms. The van der Waals surface area contributed by atoms with Gasteiger partial charge in [-0.2, -0.15) is 5.10 Å². The maximum atomic E-state index is 12.4. The topological polar surface area (TPSA) is 95.1 Å². The minimum atomic E-state index is -1.18. The number of carbonyl (C=O) groups is 2. The van der Waals surface area contributed by atoms with Gasteiger partial charge in [-0.1, -0.05) is 41.9 Å². The number of carbonyl (C=O) groups excluding carboxylic acids is 1. The fourth-order valence-electron chi connectivity index (χ4n) is 2.28. The highest BCUT2D eigenvalue weighted by Crippen LogP contribution is 2.19. The van der Waals surface area contributed by atoms with Crippen LogP contribution in [0.1, 0.15) is 22.1 Å². The second kappa shape index (κ2) is 6.10. The molecular formula is C16H12ClN3O3. The van der Waals surface area contributed by atoms with Crippen LogP contribution in [-0.4, -0.2) is 27.2 Å². The van der Waals surface area contributed by atoms with Crippen LogP contribution in [-0.2, 0) is 4.79 Å². The molecule has 3 rings (SSSR count). The minimum absolute atomic E-state index is 0.154. The first-order valence-corrected chi connectivity index (χ1v) is 7.16. The van der Waals surface area contributed by atoms with Crippen molar-refractivity contribution in [2.45, 2.75) is 6.04 Å². The van der Waals surface area contributed by atoms with Crippen LogP contribution in [0.5, 0.6) is 0 Å². The molecule has 0 radical (unpaired) electrons. The Labute approximate surface area is 136 Å². The molecule has 1 aromatic heterocycles. The predicted molar refractivity (Wildman–Crippen MR) is 85.4 cm³/mol. The number of aromatic amines is 1. The Morgan fingerprint density at radius 2 is 1.83 bits per heavy atom. The van der Waals surface area contributed by atoms with E-state index < -0.39 is 17.9 Å². The Hall–Kier alpha value is -2.86. The second-order valence-electron chi connectivity index (χ2n) is 4.91. The zero-order valence-corrected chi connectivity index (χ0v) is 12.5. The molecule has 7 heteroatoms. The largest absolute Gasteiger partial charge is 0.479 e. The van der Waals surface area contributed by atoms with Crippen LogP contribution >= 0.6 is 11.6 Å². The van der Waals surface area contributed by atoms with E-state index in [1.165, 1.54) is 0 Å². The number of para-hydroxylation sites is 1. The Morgan fingerprint density at radius 1 is 1.13 bits per heavy atom. The van der Waals surface area contributed by atoms with Gasteiger partial charge in [-0.05, 0) is 23.8 Å². The highest BCUT2D eigenvalue weighted by atomic mass is 35.5. The summed E-state index contributed by atoms with van der Waals surface area (Å²) in [6.07, 6.45) is 0. The number of aliphatic carboxylic acids is 1. The molecule has 0 aliphatic carbocycles. The Kier molecular flexibility index (Phi) is 3.99. The number of carboxylic acids is 1. The summed E-state index contributed by atoms with van der Waals surface area (Å²) in [6, 6.07) is 12.2. The number of halogens is 1. The number of nitrogens with zero attached hydrogens (tertiary/aromatic N) is 1. The summed E-state index contributed by atoms with van der Waals surface area (Å²) in [7, 11) is 0. The molecule has 0 aliphatic heterocycles. The Bertz CT molecular complexity index is 874. The number of hydrogen-bond acceptors (Lipinski definition) is 3. The summed E-state index contributed by atoms with van der Waals surface area (Å²) >= 11 is 5.80. The zero-order chi connectivity index (χ0) is 16.4. The van der Waals surface area contributed by atoms with E-state index >= 15 is 0 Å². The lowest BCUT2D eigenvalue weighted by atomic mass is 10.1. The smallest absolute Gasteiger partial charge is 0.330 e. The maximum absolute atomic E-state index is 12.4. The van der Waals surface area contributed by atoms with E-state index in [1.54, 1.807) is 42.5 Å². The van der Waals surface area contributed by atoms with Crippen LogP contribution in [0.4, 0.5) is 0 Å². The van der Waals surface area contributed by atoms with Crippen LogP contribution in [0, 0.1) is 0 Å². The van der Waals surface area contributed by atoms with Gasteiger partial charge >= 0.3 is 5.97 Å². The first kappa shape index (κ1) is 15.1. The van der Waals surface area contributed by atoms with Crippen LogP contribution in [0.2, 0.25) is 5.02 Å². The summed E-state index contributed by atoms with van der Waals surface area (Å²) in [5.74, 6) is -1.73. The van der Waals surface area contributed by atoms with Gasteiger partial charge in [-0.15, -0.1) is 0 Å². The van der Waals surface area contributed by atoms with Crippen LogP contribution < -0.4 is 5.32 Å². The SMILES string of the molecule is O=C(NC(C(=O)O)c1ccc(Cl)cc1)c1n[nH]c2ccccc12. The van der Waals surface area contributed by atoms with Crippen molar-refractivity contribution in [1.82, 2.24) is 15.5 Å². The van der Waals surface area contributed by atoms with E-state index in [2.05, 4.69) is 15.5 Å². The van der Waals surface area contributed by atoms with Gasteiger partial charge in [0.2, 0.25) is 0 Å². The standard InChI is InChI=1S/C16H12ClN3O3/c17-10-7-5-9(6-8-10)13(16(22)23)18-15(21)14-11-3-1-2-4-12(11)19-20-14/h1-8,13H,(H,18,21)(H,19,20)(H,22,23). The number of amides is 1. The third-order valence-electron chi connectivity index (χ3n) is 3.41. The lowest BCUT2D eigenvalue weighted by Gasteiger charge is -2.14. The van der Waals surface area contributed by atoms with Gasteiger partial charge in [0.15, 0.2) is 11.7 Å². The van der Waals surface area contributed by atoms with E-state index in [9.17, 15) is 14.7 Å². The normalized spacial score (nSPS) is 12.0. The molecule has 3 aromatic rings. The molecule has 0 saturated heterocycles. The van der Waals surface area contributed by atoms with Crippen LogP contribution in [0.15, 0.2) is 48.5 Å². The van der Waals surface area contributed by atoms with Gasteiger partial charge in [0.05, 0.1) is 5.52 Å². The number of rotatable bonds is 4. The molecule has 0 spiro atoms. The summed E-state index contributed by atoms with van der Waals surface area (Å²) in [6.45, 7) is 0. The van der Waals surface area contributed by atoms with Crippen molar-refractivity contribution in [2.24, 2.45) is 0 Å². The molecule has 0 fully saturated rings. The quantitative estimate of drug-likeness (QED) is 0.686. The van der Waals surface area contributed by atoms with Gasteiger partial charge in [0.25, 0.3) is 5.91 Å². The summed E-state index contributed by atoms with van der Waals surface area (Å²) in [4.78, 5) is 23.9. The van der Waals surface area contributed by atoms with Gasteiger partial charge in [0, 0.05) is 10.4 Å². The van der Waals surface area contributed by atoms with Crippen LogP contribution in [0.3, 0.4) is 0 Å². The number of hydrogen-bond donors (Lipinski definition) is 3. The molecule has 0 saturated carbocycles. The number of nitrogens with one attached hydrogen (secondary N) is 2. The van der Waals surface area contributed by atoms with Crippen molar-refractivity contribution < 1.29 is 14.7 Å². The lowest BCUT2D eigenvalue weighted by molar-refractivity contribution is -0.139. The monoisotopic (exact) mass is 329 g/mol. The first-order chi connectivity index (χ1) is 11.1. The maximum Gasteiger partial charge on any atom is 0.330 e. The van der Waals surface area contributed by atoms with Crippen molar-refractivity contribution in [3.05, 3.63) is 64.8 Å². The van der Waals surface area contributed by atoms with Gasteiger partial charge in [-0.25, -0.2) is 4.79 Å². The molecule has 1 unspecified atom stereocenters. The summed E-state index contributed by atoms with van der Waals surface area (Å²) < 4.78 is 0. The van der Waals surface area contributed by atoms with E-state index in [0.717, 1.165) is 0 Å². The van der Waals surface area contributed by atoms with Gasteiger partial charge in [0.1, 0.15) is 0 Å². The number of H-pyrrole nitrogens is 1. The minimum Gasteiger partial charge on any atom is -0.479 e. The highest BCUT2D eigenvalue weighted by Gasteiger charge is 2.24. The first-order valence-electron chi connectivity index (χ1n) is 6.78. The van der Waals surface area contributed by atoms with Crippen molar-refractivity contribution in [2.75, 3.05) is 0 Å². The van der Waals surface area contributed by atoms with E-state index in [0.29, 0.717) is 21.5 Å². The third-order valence-corrected chi connectivity index (χ3v) is 3.66. The van der Waals surface area contributed by atoms with E-state index in [4.69, 9.17) is 11.6 Å². The Morgan fingerprint density at radius 3 is 2.52 bits per heavy atom. The van der Waals surface area contributed by atoms with Crippen LogP contribution in [0.25, 0.3) is 10.9 Å². The van der Waals surface area contributed by atoms with Crippen molar-refractivity contribution in [3.63, 3.8) is 0 Å². The van der Waals surface area contributed by atoms with Gasteiger partial charge < -0.3 is 10.4 Å². The molecule has 0 aliphatic rings. The predicted octanol–water partition coefficient (Wildman–Crippen LogP) is 2.77. The second-order valence-corrected chi connectivity index (χ2v) is 5.35. The van der Waals surface area contributed by atoms with Gasteiger partial charge in [-0.3, -0.25) is 9.89 Å². The number of fused-ring (bicyclic) bond motifs is 1. The van der Waals surface area contributed by atoms with Crippen molar-refractivity contribution in [3.8, 4) is 0 Å². The number of aromatic nitrogens is 2. The zero-order valence-electron chi connectivity index (χ0n) is 11.8. The van der Waals surface area contributed by atoms with Crippen molar-refractivity contribution in [1.29, 1.82) is 0 Å². The number of carboxylic acid groups (broad SMARTS) is 1. The fraction of sp³-hybridized carbons (Fsp3) is 0.0625. The molecule has 1 heterocycles. The molecule has 3 N–H and O–H groups in total. The van der Waals surface area contributed by atoms with E-state index in [-0.39, 0.29) is 5.69 Å². The Balaban J connectivity index is 1.89. The molecular weight excluding hydrogens is 318 g/mol. The third kappa shape index (κ3) is 3.02. The lowest BCUT2D eigenvalue weighted by Crippen LogP contribution is -2.34. The molecule has 2 aromatic carbocycles. The summed E-state index contributed by atoms with van der Waals surface area (Å²) in [5, 5.41) is 19.7. The summed E-state index contributed by atoms with van der Waals surface area (Å²) in [5.41, 5.74) is 1.28. The fourth-order valence-corrected chi connectivity index (χ4v) is 2.40. The van der Waals surface area contributed by atoms with E-state index in [1.807, 2.05) is 6.07 Å². The molecule has 6 nitrogen and oxygen atoms in total. The molecule has 1 atom stereocenters. The molecule has 0 bridgehead atoms.